The van der Waals surface area contributed by atoms with E-state index < -0.39 is 17.8 Å². The first-order valence-corrected chi connectivity index (χ1v) is 11.1. The average Bonchev–Trinajstić information content (AvgIpc) is 3.27. The maximum atomic E-state index is 14.5. The van der Waals surface area contributed by atoms with Gasteiger partial charge in [0.25, 0.3) is 0 Å². The van der Waals surface area contributed by atoms with Gasteiger partial charge in [0, 0.05) is 50.4 Å². The van der Waals surface area contributed by atoms with E-state index in [9.17, 15) is 13.6 Å². The summed E-state index contributed by atoms with van der Waals surface area (Å²) in [5.41, 5.74) is 0.984. The SMILES string of the molecule is CCN1CCN(C(=O)Nc2cnn3ccc(N4C=CC=N[C@H]4c4cc(F)ccc4F)nc23)CC1. The molecule has 11 heteroatoms. The summed E-state index contributed by atoms with van der Waals surface area (Å²) in [6, 6.07) is 4.77. The van der Waals surface area contributed by atoms with Crippen LogP contribution in [-0.2, 0) is 0 Å². The van der Waals surface area contributed by atoms with Crippen LogP contribution in [0.5, 0.6) is 0 Å². The summed E-state index contributed by atoms with van der Waals surface area (Å²) in [6.07, 6.45) is 7.33. The normalized spacial score (nSPS) is 18.6. The van der Waals surface area contributed by atoms with Crippen LogP contribution in [0.25, 0.3) is 5.65 Å². The first-order chi connectivity index (χ1) is 16.5. The Morgan fingerprint density at radius 3 is 2.79 bits per heavy atom. The zero-order valence-electron chi connectivity index (χ0n) is 18.6. The van der Waals surface area contributed by atoms with E-state index in [2.05, 4.69) is 32.2 Å². The lowest BCUT2D eigenvalue weighted by Crippen LogP contribution is -2.49. The number of nitrogens with zero attached hydrogens (tertiary/aromatic N) is 7. The first kappa shape index (κ1) is 22.0. The van der Waals surface area contributed by atoms with E-state index in [1.807, 2.05) is 0 Å². The molecule has 2 amide bonds. The molecule has 0 bridgehead atoms. The van der Waals surface area contributed by atoms with Crippen molar-refractivity contribution in [3.8, 4) is 0 Å². The Morgan fingerprint density at radius 1 is 1.18 bits per heavy atom. The molecule has 5 rings (SSSR count). The number of carbonyl (C=O) groups excluding carboxylic acids is 1. The van der Waals surface area contributed by atoms with Crippen LogP contribution in [0.15, 0.2) is 53.9 Å². The number of allylic oxidation sites excluding steroid dienone is 1. The van der Waals surface area contributed by atoms with Crippen molar-refractivity contribution in [2.45, 2.75) is 13.1 Å². The fourth-order valence-electron chi connectivity index (χ4n) is 4.11. The van der Waals surface area contributed by atoms with Gasteiger partial charge >= 0.3 is 6.03 Å². The number of likely N-dealkylation sites (N-methyl/N-ethyl adjacent to an activating group) is 1. The lowest BCUT2D eigenvalue weighted by molar-refractivity contribution is 0.151. The van der Waals surface area contributed by atoms with Crippen LogP contribution >= 0.6 is 0 Å². The molecule has 176 valence electrons. The number of rotatable bonds is 4. The molecule has 1 N–H and O–H groups in total. The van der Waals surface area contributed by atoms with Crippen LogP contribution in [0.4, 0.5) is 25.1 Å². The summed E-state index contributed by atoms with van der Waals surface area (Å²) >= 11 is 0. The molecule has 0 spiro atoms. The smallest absolute Gasteiger partial charge is 0.322 e. The Labute approximate surface area is 195 Å². The summed E-state index contributed by atoms with van der Waals surface area (Å²) in [5, 5.41) is 7.17. The Kier molecular flexibility index (Phi) is 5.93. The van der Waals surface area contributed by atoms with Crippen LogP contribution < -0.4 is 10.2 Å². The highest BCUT2D eigenvalue weighted by Gasteiger charge is 2.26. The molecule has 4 heterocycles. The van der Waals surface area contributed by atoms with Gasteiger partial charge in [-0.25, -0.2) is 23.1 Å². The molecule has 1 aromatic carbocycles. The molecule has 1 fully saturated rings. The molecule has 34 heavy (non-hydrogen) atoms. The molecule has 2 aliphatic rings. The van der Waals surface area contributed by atoms with Gasteiger partial charge in [0.2, 0.25) is 0 Å². The van der Waals surface area contributed by atoms with Crippen molar-refractivity contribution >= 4 is 29.4 Å². The van der Waals surface area contributed by atoms with E-state index in [0.717, 1.165) is 37.8 Å². The zero-order chi connectivity index (χ0) is 23.7. The number of piperazine rings is 1. The van der Waals surface area contributed by atoms with Crippen molar-refractivity contribution in [2.24, 2.45) is 4.99 Å². The number of nitrogens with one attached hydrogen (secondary N) is 1. The number of hydrogen-bond acceptors (Lipinski definition) is 6. The molecule has 9 nitrogen and oxygen atoms in total. The Bertz CT molecular complexity index is 1270. The summed E-state index contributed by atoms with van der Waals surface area (Å²) < 4.78 is 29.9. The van der Waals surface area contributed by atoms with E-state index in [1.165, 1.54) is 6.21 Å². The van der Waals surface area contributed by atoms with E-state index in [-0.39, 0.29) is 11.6 Å². The highest BCUT2D eigenvalue weighted by atomic mass is 19.1. The second-order valence-electron chi connectivity index (χ2n) is 8.05. The highest BCUT2D eigenvalue weighted by Crippen LogP contribution is 2.32. The monoisotopic (exact) mass is 466 g/mol. The molecule has 0 saturated carbocycles. The molecule has 1 atom stereocenters. The number of benzene rings is 1. The number of carbonyl (C=O) groups is 1. The quantitative estimate of drug-likeness (QED) is 0.638. The van der Waals surface area contributed by atoms with Crippen molar-refractivity contribution in [1.82, 2.24) is 24.4 Å². The maximum absolute atomic E-state index is 14.5. The molecule has 2 aromatic heterocycles. The molecule has 0 radical (unpaired) electrons. The van der Waals surface area contributed by atoms with Crippen LogP contribution in [-0.4, -0.2) is 69.4 Å². The van der Waals surface area contributed by atoms with E-state index in [1.54, 1.807) is 45.1 Å². The standard InChI is InChI=1S/C23H24F2N8O/c1-2-30-10-12-31(13-11-30)23(34)28-19-15-27-33-9-6-20(29-22(19)33)32-8-3-7-26-21(32)17-14-16(24)4-5-18(17)25/h3-9,14-15,21H,2,10-13H2,1H3,(H,28,34)/t21-/m1/s1. The molecule has 0 unspecified atom stereocenters. The van der Waals surface area contributed by atoms with Crippen LogP contribution in [0.1, 0.15) is 18.7 Å². The number of halogens is 2. The second-order valence-corrected chi connectivity index (χ2v) is 8.05. The van der Waals surface area contributed by atoms with Crippen molar-refractivity contribution < 1.29 is 13.6 Å². The van der Waals surface area contributed by atoms with Gasteiger partial charge in [0.15, 0.2) is 11.8 Å². The molecular formula is C23H24F2N8O. The Balaban J connectivity index is 1.41. The minimum Gasteiger partial charge on any atom is -0.322 e. The van der Waals surface area contributed by atoms with Gasteiger partial charge in [-0.1, -0.05) is 6.92 Å². The number of hydrogen-bond donors (Lipinski definition) is 1. The largest absolute Gasteiger partial charge is 0.322 e. The van der Waals surface area contributed by atoms with Gasteiger partial charge in [0.1, 0.15) is 23.1 Å². The summed E-state index contributed by atoms with van der Waals surface area (Å²) in [6.45, 7) is 6.03. The Hall–Kier alpha value is -3.86. The maximum Gasteiger partial charge on any atom is 0.322 e. The van der Waals surface area contributed by atoms with E-state index in [0.29, 0.717) is 30.2 Å². The zero-order valence-corrected chi connectivity index (χ0v) is 18.6. The summed E-state index contributed by atoms with van der Waals surface area (Å²) in [4.78, 5) is 27.5. The Morgan fingerprint density at radius 2 is 2.00 bits per heavy atom. The van der Waals surface area contributed by atoms with Crippen molar-refractivity contribution in [3.63, 3.8) is 0 Å². The number of urea groups is 1. The van der Waals surface area contributed by atoms with Crippen molar-refractivity contribution in [3.05, 3.63) is 66.1 Å². The van der Waals surface area contributed by atoms with Crippen molar-refractivity contribution in [2.75, 3.05) is 42.9 Å². The van der Waals surface area contributed by atoms with Gasteiger partial charge in [-0.15, -0.1) is 0 Å². The van der Waals surface area contributed by atoms with Crippen LogP contribution in [0.3, 0.4) is 0 Å². The number of amides is 2. The van der Waals surface area contributed by atoms with Gasteiger partial charge < -0.3 is 20.0 Å². The fourth-order valence-corrected chi connectivity index (χ4v) is 4.11. The summed E-state index contributed by atoms with van der Waals surface area (Å²) in [7, 11) is 0. The fraction of sp³-hybridized carbons (Fsp3) is 0.304. The van der Waals surface area contributed by atoms with Gasteiger partial charge in [-0.05, 0) is 36.9 Å². The average molecular weight is 466 g/mol. The highest BCUT2D eigenvalue weighted by molar-refractivity contribution is 5.93. The lowest BCUT2D eigenvalue weighted by atomic mass is 10.1. The number of anilines is 2. The number of fused-ring (bicyclic) bond motifs is 1. The topological polar surface area (TPSA) is 81.4 Å². The van der Waals surface area contributed by atoms with Crippen LogP contribution in [0, 0.1) is 11.6 Å². The van der Waals surface area contributed by atoms with E-state index in [4.69, 9.17) is 0 Å². The minimum absolute atomic E-state index is 0.0931. The van der Waals surface area contributed by atoms with Crippen LogP contribution in [0.2, 0.25) is 0 Å². The van der Waals surface area contributed by atoms with Gasteiger partial charge in [-0.2, -0.15) is 5.10 Å². The molecule has 3 aromatic rings. The lowest BCUT2D eigenvalue weighted by Gasteiger charge is -2.33. The minimum atomic E-state index is -0.827. The molecule has 2 aliphatic heterocycles. The number of aliphatic imine (C=N–C) groups is 1. The summed E-state index contributed by atoms with van der Waals surface area (Å²) in [5.74, 6) is -0.669. The molecule has 0 aliphatic carbocycles. The second kappa shape index (κ2) is 9.18. The van der Waals surface area contributed by atoms with Gasteiger partial charge in [0.05, 0.1) is 6.20 Å². The molecular weight excluding hydrogens is 442 g/mol. The number of aromatic nitrogens is 3. The van der Waals surface area contributed by atoms with Gasteiger partial charge in [-0.3, -0.25) is 4.99 Å². The predicted molar refractivity (Wildman–Crippen MR) is 125 cm³/mol. The third-order valence-electron chi connectivity index (χ3n) is 6.03. The third kappa shape index (κ3) is 4.21. The molecule has 1 saturated heterocycles. The third-order valence-corrected chi connectivity index (χ3v) is 6.03. The first-order valence-electron chi connectivity index (χ1n) is 11.1. The van der Waals surface area contributed by atoms with E-state index >= 15 is 0 Å². The van der Waals surface area contributed by atoms with Crippen molar-refractivity contribution in [1.29, 1.82) is 0 Å². The predicted octanol–water partition coefficient (Wildman–Crippen LogP) is 3.28.